The molecule has 0 aliphatic carbocycles. The van der Waals surface area contributed by atoms with Gasteiger partial charge < -0.3 is 20.5 Å². The van der Waals surface area contributed by atoms with Gasteiger partial charge in [-0.05, 0) is 40.5 Å². The molecule has 0 aliphatic heterocycles. The Morgan fingerprint density at radius 3 is 2.74 bits per heavy atom. The minimum absolute atomic E-state index is 0.471. The monoisotopic (exact) mass is 350 g/mol. The predicted octanol–water partition coefficient (Wildman–Crippen LogP) is 2.35. The van der Waals surface area contributed by atoms with Crippen LogP contribution >= 0.6 is 27.5 Å². The van der Waals surface area contributed by atoms with Crippen LogP contribution in [0.25, 0.3) is 0 Å². The third-order valence-electron chi connectivity index (χ3n) is 2.36. The molecular weight excluding hydrogens is 332 g/mol. The van der Waals surface area contributed by atoms with Gasteiger partial charge in [-0.3, -0.25) is 0 Å². The molecule has 0 saturated carbocycles. The first-order chi connectivity index (χ1) is 9.15. The number of aryl methyl sites for hydroxylation is 1. The fourth-order valence-electron chi connectivity index (χ4n) is 1.50. The van der Waals surface area contributed by atoms with Crippen molar-refractivity contribution in [3.8, 4) is 5.75 Å². The average molecular weight is 352 g/mol. The molecule has 0 aliphatic rings. The van der Waals surface area contributed by atoms with Crippen LogP contribution in [0.5, 0.6) is 5.75 Å². The van der Waals surface area contributed by atoms with E-state index >= 15 is 0 Å². The van der Waals surface area contributed by atoms with Crippen molar-refractivity contribution < 1.29 is 9.47 Å². The van der Waals surface area contributed by atoms with Gasteiger partial charge in [-0.2, -0.15) is 0 Å². The maximum atomic E-state index is 6.11. The van der Waals surface area contributed by atoms with Crippen molar-refractivity contribution in [2.24, 2.45) is 5.73 Å². The van der Waals surface area contributed by atoms with Crippen LogP contribution in [-0.4, -0.2) is 39.5 Å². The Balaban J connectivity index is 2.19. The van der Waals surface area contributed by atoms with E-state index in [9.17, 15) is 0 Å². The van der Waals surface area contributed by atoms with Crippen LogP contribution in [0, 0.1) is 6.92 Å². The summed E-state index contributed by atoms with van der Waals surface area (Å²) in [4.78, 5) is 0. The number of nitrogens with two attached hydrogens (primary N) is 1. The molecule has 0 radical (unpaired) electrons. The van der Waals surface area contributed by atoms with Gasteiger partial charge >= 0.3 is 0 Å². The Morgan fingerprint density at radius 2 is 2.05 bits per heavy atom. The molecular formula is C13H20BrClN2O2. The maximum absolute atomic E-state index is 6.11. The van der Waals surface area contributed by atoms with E-state index in [4.69, 9.17) is 26.8 Å². The van der Waals surface area contributed by atoms with Crippen molar-refractivity contribution >= 4 is 27.5 Å². The second-order valence-electron chi connectivity index (χ2n) is 4.06. The number of rotatable bonds is 9. The van der Waals surface area contributed by atoms with Gasteiger partial charge in [-0.1, -0.05) is 11.6 Å². The summed E-state index contributed by atoms with van der Waals surface area (Å²) in [5.41, 5.74) is 6.44. The van der Waals surface area contributed by atoms with Crippen molar-refractivity contribution in [1.29, 1.82) is 0 Å². The lowest BCUT2D eigenvalue weighted by molar-refractivity contribution is 0.102. The van der Waals surface area contributed by atoms with E-state index in [0.717, 1.165) is 23.1 Å². The summed E-state index contributed by atoms with van der Waals surface area (Å²) in [7, 11) is 0. The van der Waals surface area contributed by atoms with Gasteiger partial charge in [-0.25, -0.2) is 0 Å². The average Bonchev–Trinajstić information content (AvgIpc) is 2.35. The Labute approximate surface area is 127 Å². The van der Waals surface area contributed by atoms with Gasteiger partial charge in [0.1, 0.15) is 6.61 Å². The first kappa shape index (κ1) is 16.7. The van der Waals surface area contributed by atoms with Gasteiger partial charge in [0.2, 0.25) is 0 Å². The van der Waals surface area contributed by atoms with E-state index < -0.39 is 0 Å². The summed E-state index contributed by atoms with van der Waals surface area (Å²) in [5, 5.41) is 3.76. The highest BCUT2D eigenvalue weighted by atomic mass is 79.9. The third-order valence-corrected chi connectivity index (χ3v) is 3.23. The molecule has 108 valence electrons. The highest BCUT2D eigenvalue weighted by Crippen LogP contribution is 2.34. The molecule has 0 heterocycles. The normalized spacial score (nSPS) is 10.7. The number of nitrogens with one attached hydrogen (secondary N) is 1. The number of hydrogen-bond acceptors (Lipinski definition) is 4. The van der Waals surface area contributed by atoms with Crippen molar-refractivity contribution in [2.75, 3.05) is 39.5 Å². The molecule has 0 amide bonds. The van der Waals surface area contributed by atoms with Crippen LogP contribution in [0.2, 0.25) is 5.02 Å². The summed E-state index contributed by atoms with van der Waals surface area (Å²) in [6, 6.07) is 3.85. The standard InChI is InChI=1S/C13H20BrClN2O2/c1-10-8-11(14)13(12(15)9-10)19-7-6-18-5-4-17-3-2-16/h8-9,17H,2-7,16H2,1H3. The van der Waals surface area contributed by atoms with Crippen molar-refractivity contribution in [3.05, 3.63) is 27.2 Å². The zero-order valence-electron chi connectivity index (χ0n) is 11.0. The number of halogens is 2. The second-order valence-corrected chi connectivity index (χ2v) is 5.32. The molecule has 0 aromatic heterocycles. The molecule has 0 bridgehead atoms. The van der Waals surface area contributed by atoms with Crippen molar-refractivity contribution in [1.82, 2.24) is 5.32 Å². The Hall–Kier alpha value is -0.330. The van der Waals surface area contributed by atoms with Gasteiger partial charge in [-0.15, -0.1) is 0 Å². The quantitative estimate of drug-likeness (QED) is 0.671. The molecule has 4 nitrogen and oxygen atoms in total. The SMILES string of the molecule is Cc1cc(Cl)c(OCCOCCNCCN)c(Br)c1. The topological polar surface area (TPSA) is 56.5 Å². The second kappa shape index (κ2) is 9.55. The Morgan fingerprint density at radius 1 is 1.26 bits per heavy atom. The third kappa shape index (κ3) is 6.58. The molecule has 1 rings (SSSR count). The number of ether oxygens (including phenoxy) is 2. The van der Waals surface area contributed by atoms with Crippen molar-refractivity contribution in [3.63, 3.8) is 0 Å². The number of hydrogen-bond donors (Lipinski definition) is 2. The van der Waals surface area contributed by atoms with Crippen LogP contribution in [0.3, 0.4) is 0 Å². The van der Waals surface area contributed by atoms with Gasteiger partial charge in [0.05, 0.1) is 22.7 Å². The maximum Gasteiger partial charge on any atom is 0.152 e. The summed E-state index contributed by atoms with van der Waals surface area (Å²) >= 11 is 9.55. The minimum atomic E-state index is 0.471. The van der Waals surface area contributed by atoms with Crippen LogP contribution < -0.4 is 15.8 Å². The van der Waals surface area contributed by atoms with E-state index in [2.05, 4.69) is 21.2 Å². The number of benzene rings is 1. The molecule has 3 N–H and O–H groups in total. The molecule has 0 saturated heterocycles. The lowest BCUT2D eigenvalue weighted by Gasteiger charge is -2.11. The van der Waals surface area contributed by atoms with Gasteiger partial charge in [0.15, 0.2) is 5.75 Å². The summed E-state index contributed by atoms with van der Waals surface area (Å²) in [5.74, 6) is 0.664. The molecule has 0 fully saturated rings. The molecule has 0 atom stereocenters. The van der Waals surface area contributed by atoms with E-state index in [1.165, 1.54) is 0 Å². The van der Waals surface area contributed by atoms with E-state index in [-0.39, 0.29) is 0 Å². The highest BCUT2D eigenvalue weighted by molar-refractivity contribution is 9.10. The molecule has 1 aromatic carbocycles. The summed E-state index contributed by atoms with van der Waals surface area (Å²) < 4.78 is 11.9. The summed E-state index contributed by atoms with van der Waals surface area (Å²) in [6.45, 7) is 5.88. The fraction of sp³-hybridized carbons (Fsp3) is 0.538. The van der Waals surface area contributed by atoms with Crippen LogP contribution in [-0.2, 0) is 4.74 Å². The molecule has 1 aromatic rings. The zero-order chi connectivity index (χ0) is 14.1. The van der Waals surface area contributed by atoms with E-state index in [1.807, 2.05) is 19.1 Å². The van der Waals surface area contributed by atoms with Gasteiger partial charge in [0, 0.05) is 19.6 Å². The lowest BCUT2D eigenvalue weighted by Crippen LogP contribution is -2.26. The smallest absolute Gasteiger partial charge is 0.152 e. The largest absolute Gasteiger partial charge is 0.488 e. The molecule has 0 spiro atoms. The molecule has 6 heteroatoms. The predicted molar refractivity (Wildman–Crippen MR) is 82.1 cm³/mol. The lowest BCUT2D eigenvalue weighted by atomic mass is 10.2. The molecule has 19 heavy (non-hydrogen) atoms. The van der Waals surface area contributed by atoms with Gasteiger partial charge in [0.25, 0.3) is 0 Å². The van der Waals surface area contributed by atoms with E-state index in [1.54, 1.807) is 0 Å². The van der Waals surface area contributed by atoms with Crippen LogP contribution in [0.1, 0.15) is 5.56 Å². The van der Waals surface area contributed by atoms with Crippen LogP contribution in [0.4, 0.5) is 0 Å². The zero-order valence-corrected chi connectivity index (χ0v) is 13.4. The highest BCUT2D eigenvalue weighted by Gasteiger charge is 2.07. The van der Waals surface area contributed by atoms with Crippen LogP contribution in [0.15, 0.2) is 16.6 Å². The fourth-order valence-corrected chi connectivity index (χ4v) is 2.63. The Bertz CT molecular complexity index is 368. The minimum Gasteiger partial charge on any atom is -0.488 e. The Kier molecular flexibility index (Phi) is 8.41. The first-order valence-corrected chi connectivity index (χ1v) is 7.39. The molecule has 0 unspecified atom stereocenters. The first-order valence-electron chi connectivity index (χ1n) is 6.22. The van der Waals surface area contributed by atoms with Crippen molar-refractivity contribution in [2.45, 2.75) is 6.92 Å². The van der Waals surface area contributed by atoms with E-state index in [0.29, 0.717) is 37.1 Å². The summed E-state index contributed by atoms with van der Waals surface area (Å²) in [6.07, 6.45) is 0.